The molecule has 0 aliphatic carbocycles. The molecule has 0 saturated carbocycles. The summed E-state index contributed by atoms with van der Waals surface area (Å²) in [6.45, 7) is 8.66. The molecule has 5 heteroatoms. The van der Waals surface area contributed by atoms with Crippen molar-refractivity contribution in [2.75, 3.05) is 39.5 Å². The van der Waals surface area contributed by atoms with Crippen LogP contribution in [0.15, 0.2) is 24.3 Å². The van der Waals surface area contributed by atoms with Crippen molar-refractivity contribution in [2.45, 2.75) is 39.2 Å². The average Bonchev–Trinajstić information content (AvgIpc) is 2.62. The standard InChI is InChI=1S/C19H30N2O3/c1-3-5-6-19(22)20-15-18(21-11-13-23-14-12-21)16-7-9-17(10-8-16)24-4-2/h7-10,18H,3-6,11-15H2,1-2H3,(H,20,22). The Bertz CT molecular complexity index is 484. The van der Waals surface area contributed by atoms with Crippen LogP contribution < -0.4 is 10.1 Å². The first-order valence-electron chi connectivity index (χ1n) is 9.05. The molecule has 1 atom stereocenters. The first-order valence-corrected chi connectivity index (χ1v) is 9.05. The summed E-state index contributed by atoms with van der Waals surface area (Å²) in [6, 6.07) is 8.39. The van der Waals surface area contributed by atoms with Gasteiger partial charge in [-0.25, -0.2) is 0 Å². The van der Waals surface area contributed by atoms with E-state index >= 15 is 0 Å². The molecule has 5 nitrogen and oxygen atoms in total. The predicted molar refractivity (Wildman–Crippen MR) is 95.3 cm³/mol. The van der Waals surface area contributed by atoms with Gasteiger partial charge in [0.2, 0.25) is 5.91 Å². The average molecular weight is 334 g/mol. The molecule has 0 aromatic heterocycles. The van der Waals surface area contributed by atoms with Crippen molar-refractivity contribution < 1.29 is 14.3 Å². The van der Waals surface area contributed by atoms with E-state index in [-0.39, 0.29) is 11.9 Å². The number of nitrogens with zero attached hydrogens (tertiary/aromatic N) is 1. The zero-order valence-electron chi connectivity index (χ0n) is 14.9. The molecule has 1 aliphatic rings. The Balaban J connectivity index is 2.02. The molecule has 0 bridgehead atoms. The van der Waals surface area contributed by atoms with Gasteiger partial charge >= 0.3 is 0 Å². The second-order valence-corrected chi connectivity index (χ2v) is 6.07. The number of unbranched alkanes of at least 4 members (excludes halogenated alkanes) is 1. The van der Waals surface area contributed by atoms with Crippen molar-refractivity contribution in [3.05, 3.63) is 29.8 Å². The molecule has 1 amide bonds. The Labute approximate surface area is 145 Å². The number of morpholine rings is 1. The van der Waals surface area contributed by atoms with Gasteiger partial charge in [-0.15, -0.1) is 0 Å². The van der Waals surface area contributed by atoms with Crippen molar-refractivity contribution in [1.82, 2.24) is 10.2 Å². The molecular formula is C19H30N2O3. The quantitative estimate of drug-likeness (QED) is 0.754. The number of ether oxygens (including phenoxy) is 2. The highest BCUT2D eigenvalue weighted by Crippen LogP contribution is 2.23. The zero-order valence-corrected chi connectivity index (χ0v) is 14.9. The summed E-state index contributed by atoms with van der Waals surface area (Å²) in [5.41, 5.74) is 1.20. The molecule has 1 aromatic carbocycles. The molecule has 2 rings (SSSR count). The van der Waals surface area contributed by atoms with Crippen LogP contribution in [0.25, 0.3) is 0 Å². The third-order valence-corrected chi connectivity index (χ3v) is 4.31. The van der Waals surface area contributed by atoms with Gasteiger partial charge in [0, 0.05) is 26.1 Å². The van der Waals surface area contributed by atoms with Gasteiger partial charge in [-0.2, -0.15) is 0 Å². The van der Waals surface area contributed by atoms with Gasteiger partial charge in [0.15, 0.2) is 0 Å². The molecule has 1 heterocycles. The third kappa shape index (κ3) is 5.80. The highest BCUT2D eigenvalue weighted by atomic mass is 16.5. The van der Waals surface area contributed by atoms with E-state index in [0.29, 0.717) is 19.6 Å². The summed E-state index contributed by atoms with van der Waals surface area (Å²) < 4.78 is 11.0. The highest BCUT2D eigenvalue weighted by Gasteiger charge is 2.23. The summed E-state index contributed by atoms with van der Waals surface area (Å²) in [4.78, 5) is 14.4. The monoisotopic (exact) mass is 334 g/mol. The van der Waals surface area contributed by atoms with Crippen molar-refractivity contribution >= 4 is 5.91 Å². The van der Waals surface area contributed by atoms with E-state index in [9.17, 15) is 4.79 Å². The summed E-state index contributed by atoms with van der Waals surface area (Å²) in [5, 5.41) is 3.10. The predicted octanol–water partition coefficient (Wildman–Crippen LogP) is 2.77. The molecule has 24 heavy (non-hydrogen) atoms. The first-order chi connectivity index (χ1) is 11.7. The van der Waals surface area contributed by atoms with Crippen molar-refractivity contribution in [2.24, 2.45) is 0 Å². The summed E-state index contributed by atoms with van der Waals surface area (Å²) in [6.07, 6.45) is 2.59. The second-order valence-electron chi connectivity index (χ2n) is 6.07. The number of carbonyl (C=O) groups excluding carboxylic acids is 1. The number of hydrogen-bond donors (Lipinski definition) is 1. The van der Waals surface area contributed by atoms with Crippen molar-refractivity contribution in [3.63, 3.8) is 0 Å². The Kier molecular flexibility index (Phi) is 8.05. The van der Waals surface area contributed by atoms with E-state index < -0.39 is 0 Å². The van der Waals surface area contributed by atoms with Crippen molar-refractivity contribution in [1.29, 1.82) is 0 Å². The van der Waals surface area contributed by atoms with E-state index in [1.54, 1.807) is 0 Å². The number of rotatable bonds is 9. The van der Waals surface area contributed by atoms with E-state index in [1.807, 2.05) is 19.1 Å². The first kappa shape index (κ1) is 18.7. The van der Waals surface area contributed by atoms with Crippen LogP contribution >= 0.6 is 0 Å². The van der Waals surface area contributed by atoms with E-state index in [2.05, 4.69) is 29.3 Å². The molecule has 1 aromatic rings. The Morgan fingerprint density at radius 3 is 2.58 bits per heavy atom. The molecule has 134 valence electrons. The number of benzene rings is 1. The lowest BCUT2D eigenvalue weighted by Gasteiger charge is -2.35. The van der Waals surface area contributed by atoms with E-state index in [4.69, 9.17) is 9.47 Å². The maximum Gasteiger partial charge on any atom is 0.220 e. The van der Waals surface area contributed by atoms with Crippen LogP contribution in [0.4, 0.5) is 0 Å². The topological polar surface area (TPSA) is 50.8 Å². The fourth-order valence-electron chi connectivity index (χ4n) is 2.94. The van der Waals surface area contributed by atoms with Crippen LogP contribution in [-0.4, -0.2) is 50.3 Å². The molecule has 0 radical (unpaired) electrons. The van der Waals surface area contributed by atoms with Gasteiger partial charge in [-0.05, 0) is 31.0 Å². The van der Waals surface area contributed by atoms with Crippen LogP contribution in [-0.2, 0) is 9.53 Å². The lowest BCUT2D eigenvalue weighted by atomic mass is 10.0. The number of amides is 1. The van der Waals surface area contributed by atoms with Crippen LogP contribution in [0.5, 0.6) is 5.75 Å². The summed E-state index contributed by atoms with van der Waals surface area (Å²) in [7, 11) is 0. The molecular weight excluding hydrogens is 304 g/mol. The van der Waals surface area contributed by atoms with Crippen LogP contribution in [0.1, 0.15) is 44.7 Å². The van der Waals surface area contributed by atoms with Gasteiger partial charge in [-0.3, -0.25) is 9.69 Å². The van der Waals surface area contributed by atoms with Crippen LogP contribution in [0.2, 0.25) is 0 Å². The number of nitrogens with one attached hydrogen (secondary N) is 1. The van der Waals surface area contributed by atoms with Crippen LogP contribution in [0, 0.1) is 0 Å². The van der Waals surface area contributed by atoms with Crippen molar-refractivity contribution in [3.8, 4) is 5.75 Å². The summed E-state index contributed by atoms with van der Waals surface area (Å²) >= 11 is 0. The number of hydrogen-bond acceptors (Lipinski definition) is 4. The molecule has 1 fully saturated rings. The molecule has 1 aliphatic heterocycles. The SMILES string of the molecule is CCCCC(=O)NCC(c1ccc(OCC)cc1)N1CCOCC1. The summed E-state index contributed by atoms with van der Waals surface area (Å²) in [5.74, 6) is 1.02. The Hall–Kier alpha value is -1.59. The molecule has 1 saturated heterocycles. The van der Waals surface area contributed by atoms with E-state index in [1.165, 1.54) is 5.56 Å². The second kappa shape index (κ2) is 10.3. The normalized spacial score (nSPS) is 16.6. The lowest BCUT2D eigenvalue weighted by Crippen LogP contribution is -2.43. The minimum atomic E-state index is 0.140. The maximum absolute atomic E-state index is 12.0. The maximum atomic E-state index is 12.0. The highest BCUT2D eigenvalue weighted by molar-refractivity contribution is 5.75. The molecule has 1 N–H and O–H groups in total. The minimum Gasteiger partial charge on any atom is -0.494 e. The number of carbonyl (C=O) groups is 1. The smallest absolute Gasteiger partial charge is 0.220 e. The molecule has 1 unspecified atom stereocenters. The Morgan fingerprint density at radius 1 is 1.25 bits per heavy atom. The van der Waals surface area contributed by atoms with Gasteiger partial charge in [-0.1, -0.05) is 25.5 Å². The van der Waals surface area contributed by atoms with Crippen LogP contribution in [0.3, 0.4) is 0 Å². The zero-order chi connectivity index (χ0) is 17.2. The van der Waals surface area contributed by atoms with E-state index in [0.717, 1.165) is 44.9 Å². The van der Waals surface area contributed by atoms with Gasteiger partial charge < -0.3 is 14.8 Å². The fourth-order valence-corrected chi connectivity index (χ4v) is 2.94. The minimum absolute atomic E-state index is 0.140. The fraction of sp³-hybridized carbons (Fsp3) is 0.632. The lowest BCUT2D eigenvalue weighted by molar-refractivity contribution is -0.121. The Morgan fingerprint density at radius 2 is 1.96 bits per heavy atom. The third-order valence-electron chi connectivity index (χ3n) is 4.31. The van der Waals surface area contributed by atoms with Gasteiger partial charge in [0.25, 0.3) is 0 Å². The molecule has 0 spiro atoms. The van der Waals surface area contributed by atoms with Gasteiger partial charge in [0.05, 0.1) is 25.9 Å². The largest absolute Gasteiger partial charge is 0.494 e. The van der Waals surface area contributed by atoms with Gasteiger partial charge in [0.1, 0.15) is 5.75 Å².